The Balaban J connectivity index is 1.58. The van der Waals surface area contributed by atoms with Gasteiger partial charge in [-0.2, -0.15) is 4.31 Å². The van der Waals surface area contributed by atoms with Crippen LogP contribution >= 0.6 is 0 Å². The lowest BCUT2D eigenvalue weighted by atomic mass is 9.85. The summed E-state index contributed by atoms with van der Waals surface area (Å²) in [6.45, 7) is 3.71. The summed E-state index contributed by atoms with van der Waals surface area (Å²) in [6, 6.07) is 5.97. The van der Waals surface area contributed by atoms with E-state index in [0.29, 0.717) is 46.6 Å². The molecule has 15 heteroatoms. The van der Waals surface area contributed by atoms with E-state index in [2.05, 4.69) is 0 Å². The van der Waals surface area contributed by atoms with E-state index in [-0.39, 0.29) is 49.5 Å². The van der Waals surface area contributed by atoms with E-state index in [1.54, 1.807) is 13.0 Å². The van der Waals surface area contributed by atoms with E-state index in [1.165, 1.54) is 34.0 Å². The minimum Gasteiger partial charge on any atom is -0.457 e. The summed E-state index contributed by atoms with van der Waals surface area (Å²) in [4.78, 5) is 56.9. The molecule has 0 aliphatic carbocycles. The predicted octanol–water partition coefficient (Wildman–Crippen LogP) is 1.64. The minimum absolute atomic E-state index is 0.0405. The number of nitro benzene ring substituents is 1. The van der Waals surface area contributed by atoms with Crippen molar-refractivity contribution in [3.63, 3.8) is 0 Å². The molecule has 2 aromatic heterocycles. The summed E-state index contributed by atoms with van der Waals surface area (Å²) in [7, 11) is -3.40. The number of benzene rings is 1. The van der Waals surface area contributed by atoms with Crippen LogP contribution in [-0.2, 0) is 47.8 Å². The summed E-state index contributed by atoms with van der Waals surface area (Å²) in [5.74, 6) is -1.47. The highest BCUT2D eigenvalue weighted by Crippen LogP contribution is 2.45. The number of non-ortho nitro benzene ring substituents is 1. The van der Waals surface area contributed by atoms with Crippen LogP contribution in [0.1, 0.15) is 37.0 Å². The van der Waals surface area contributed by atoms with Crippen molar-refractivity contribution in [1.29, 1.82) is 0 Å². The third kappa shape index (κ3) is 4.14. The second-order valence-corrected chi connectivity index (χ2v) is 12.5. The van der Waals surface area contributed by atoms with Gasteiger partial charge in [0.05, 0.1) is 45.9 Å². The van der Waals surface area contributed by atoms with Crippen LogP contribution in [0.3, 0.4) is 0 Å². The summed E-state index contributed by atoms with van der Waals surface area (Å²) in [6.07, 6.45) is 1.19. The highest BCUT2D eigenvalue weighted by atomic mass is 32.2. The second kappa shape index (κ2) is 9.59. The molecular weight excluding hydrogens is 570 g/mol. The van der Waals surface area contributed by atoms with E-state index in [0.717, 1.165) is 6.26 Å². The van der Waals surface area contributed by atoms with E-state index >= 15 is 0 Å². The van der Waals surface area contributed by atoms with Gasteiger partial charge in [-0.25, -0.2) is 18.2 Å². The van der Waals surface area contributed by atoms with E-state index in [1.807, 2.05) is 4.90 Å². The fourth-order valence-corrected chi connectivity index (χ4v) is 6.99. The molecule has 0 bridgehead atoms. The molecule has 5 heterocycles. The third-order valence-corrected chi connectivity index (χ3v) is 9.46. The first-order chi connectivity index (χ1) is 19.9. The van der Waals surface area contributed by atoms with E-state index < -0.39 is 38.0 Å². The van der Waals surface area contributed by atoms with Gasteiger partial charge in [0.1, 0.15) is 6.61 Å². The monoisotopic (exact) mass is 597 g/mol. The van der Waals surface area contributed by atoms with Gasteiger partial charge in [0, 0.05) is 61.7 Å². The molecule has 1 fully saturated rings. The molecule has 6 rings (SSSR count). The molecule has 1 saturated heterocycles. The van der Waals surface area contributed by atoms with Crippen molar-refractivity contribution in [1.82, 2.24) is 13.9 Å². The molecule has 220 valence electrons. The highest BCUT2D eigenvalue weighted by Gasteiger charge is 2.50. The molecule has 42 heavy (non-hydrogen) atoms. The Kier molecular flexibility index (Phi) is 6.34. The Morgan fingerprint density at radius 2 is 1.88 bits per heavy atom. The Morgan fingerprint density at radius 3 is 2.50 bits per heavy atom. The number of carbonyl (C=O) groups excluding carboxylic acids is 2. The normalized spacial score (nSPS) is 20.1. The van der Waals surface area contributed by atoms with Gasteiger partial charge in [-0.05, 0) is 18.6 Å². The maximum absolute atomic E-state index is 13.9. The number of sulfonamides is 1. The molecule has 3 aliphatic heterocycles. The second-order valence-electron chi connectivity index (χ2n) is 10.6. The van der Waals surface area contributed by atoms with Crippen molar-refractivity contribution in [3.05, 3.63) is 61.4 Å². The zero-order chi connectivity index (χ0) is 30.1. The van der Waals surface area contributed by atoms with Gasteiger partial charge in [0.15, 0.2) is 0 Å². The van der Waals surface area contributed by atoms with Crippen molar-refractivity contribution in [3.8, 4) is 11.4 Å². The Labute approximate surface area is 239 Å². The van der Waals surface area contributed by atoms with Gasteiger partial charge >= 0.3 is 11.9 Å². The standard InChI is InChI=1S/C27H27N5O9S/c1-4-27(41-15(2)33)20-12-22-23-18(13-31(22)25(34)19(20)14-40-26(27)35)24(29-7-9-30(10-8-29)42(3,38)39)17-11-16(32(36)37)5-6-21(17)28-23/h5-6,11-12H,4,7-10,13-14H2,1-3H3. The molecular formula is C27H27N5O9S. The van der Waals surface area contributed by atoms with Crippen LogP contribution in [0.4, 0.5) is 11.4 Å². The number of nitro groups is 1. The zero-order valence-corrected chi connectivity index (χ0v) is 23.9. The first-order valence-corrected chi connectivity index (χ1v) is 15.2. The first kappa shape index (κ1) is 27.8. The molecule has 0 amide bonds. The van der Waals surface area contributed by atoms with Gasteiger partial charge in [0.25, 0.3) is 11.2 Å². The summed E-state index contributed by atoms with van der Waals surface area (Å²) in [5.41, 5.74) is 0.646. The molecule has 0 N–H and O–H groups in total. The van der Waals surface area contributed by atoms with Crippen LogP contribution in [0.15, 0.2) is 29.1 Å². The van der Waals surface area contributed by atoms with Crippen molar-refractivity contribution < 1.29 is 32.4 Å². The van der Waals surface area contributed by atoms with Gasteiger partial charge in [-0.1, -0.05) is 6.92 Å². The number of hydrogen-bond donors (Lipinski definition) is 0. The number of esters is 2. The maximum atomic E-state index is 13.9. The van der Waals surface area contributed by atoms with Crippen LogP contribution in [-0.4, -0.2) is 71.6 Å². The molecule has 1 unspecified atom stereocenters. The van der Waals surface area contributed by atoms with Crippen LogP contribution in [0.5, 0.6) is 0 Å². The molecule has 1 atom stereocenters. The van der Waals surface area contributed by atoms with Crippen molar-refractivity contribution in [2.75, 3.05) is 37.3 Å². The largest absolute Gasteiger partial charge is 0.457 e. The van der Waals surface area contributed by atoms with Crippen molar-refractivity contribution >= 4 is 44.2 Å². The molecule has 3 aliphatic rings. The number of anilines is 1. The lowest BCUT2D eigenvalue weighted by molar-refractivity contribution is -0.384. The third-order valence-electron chi connectivity index (χ3n) is 8.16. The minimum atomic E-state index is -3.40. The molecule has 0 saturated carbocycles. The number of pyridine rings is 2. The highest BCUT2D eigenvalue weighted by molar-refractivity contribution is 7.88. The average molecular weight is 598 g/mol. The average Bonchev–Trinajstić information content (AvgIpc) is 3.31. The van der Waals surface area contributed by atoms with Crippen molar-refractivity contribution in [2.45, 2.75) is 39.0 Å². The van der Waals surface area contributed by atoms with Gasteiger partial charge in [0.2, 0.25) is 15.6 Å². The fourth-order valence-electron chi connectivity index (χ4n) is 6.17. The number of aromatic nitrogens is 2. The van der Waals surface area contributed by atoms with Gasteiger partial charge in [-0.3, -0.25) is 19.7 Å². The SMILES string of the molecule is CCC1(OC(C)=O)C(=O)OCc2c1cc1n(c2=O)Cc2c-1nc1ccc([N+](=O)[O-])cc1c2N1CCN(S(C)(=O)=O)CC1. The summed E-state index contributed by atoms with van der Waals surface area (Å²) < 4.78 is 38.0. The lowest BCUT2D eigenvalue weighted by Crippen LogP contribution is -2.48. The summed E-state index contributed by atoms with van der Waals surface area (Å²) >= 11 is 0. The van der Waals surface area contributed by atoms with Crippen molar-refractivity contribution in [2.24, 2.45) is 0 Å². The van der Waals surface area contributed by atoms with E-state index in [4.69, 9.17) is 14.5 Å². The van der Waals surface area contributed by atoms with Gasteiger partial charge < -0.3 is 18.9 Å². The summed E-state index contributed by atoms with van der Waals surface area (Å²) in [5, 5.41) is 12.2. The number of nitrogens with zero attached hydrogens (tertiary/aromatic N) is 5. The molecule has 14 nitrogen and oxygen atoms in total. The molecule has 0 spiro atoms. The van der Waals surface area contributed by atoms with Crippen LogP contribution in [0, 0.1) is 10.1 Å². The number of rotatable bonds is 5. The number of ether oxygens (including phenoxy) is 2. The predicted molar refractivity (Wildman–Crippen MR) is 149 cm³/mol. The van der Waals surface area contributed by atoms with Gasteiger partial charge in [-0.15, -0.1) is 0 Å². The lowest BCUT2D eigenvalue weighted by Gasteiger charge is -2.36. The Hall–Kier alpha value is -4.37. The number of fused-ring (bicyclic) bond motifs is 5. The zero-order valence-electron chi connectivity index (χ0n) is 23.1. The smallest absolute Gasteiger partial charge is 0.355 e. The number of cyclic esters (lactones) is 1. The quantitative estimate of drug-likeness (QED) is 0.186. The number of hydrogen-bond acceptors (Lipinski definition) is 11. The molecule has 1 aromatic carbocycles. The van der Waals surface area contributed by atoms with Crippen LogP contribution < -0.4 is 10.5 Å². The topological polar surface area (TPSA) is 171 Å². The van der Waals surface area contributed by atoms with Crippen LogP contribution in [0.2, 0.25) is 0 Å². The molecule has 0 radical (unpaired) electrons. The number of carbonyl (C=O) groups is 2. The fraction of sp³-hybridized carbons (Fsp3) is 0.407. The number of piperazine rings is 1. The van der Waals surface area contributed by atoms with E-state index in [9.17, 15) is 32.9 Å². The van der Waals surface area contributed by atoms with Crippen LogP contribution in [0.25, 0.3) is 22.3 Å². The Morgan fingerprint density at radius 1 is 1.17 bits per heavy atom. The maximum Gasteiger partial charge on any atom is 0.355 e. The molecule has 3 aromatic rings. The first-order valence-electron chi connectivity index (χ1n) is 13.3. The Bertz CT molecular complexity index is 1880.